The van der Waals surface area contributed by atoms with Crippen LogP contribution in [-0.4, -0.2) is 37.5 Å². The molecule has 0 spiro atoms. The minimum absolute atomic E-state index is 0.0892. The number of ether oxygens (including phenoxy) is 3. The molecule has 19 heavy (non-hydrogen) atoms. The van der Waals surface area contributed by atoms with Crippen LogP contribution in [-0.2, 0) is 19.0 Å². The Balaban J connectivity index is 2.38. The highest BCUT2D eigenvalue weighted by Gasteiger charge is 2.51. The minimum Gasteiger partial charge on any atom is -0.465 e. The van der Waals surface area contributed by atoms with Crippen molar-refractivity contribution in [3.8, 4) is 0 Å². The number of unbranched alkanes of at least 4 members (excludes halogenated alkanes) is 1. The van der Waals surface area contributed by atoms with Crippen LogP contribution in [0.4, 0.5) is 0 Å². The quantitative estimate of drug-likeness (QED) is 0.503. The molecule has 0 radical (unpaired) electrons. The lowest BCUT2D eigenvalue weighted by molar-refractivity contribution is -0.259. The van der Waals surface area contributed by atoms with Crippen LogP contribution < -0.4 is 0 Å². The average molecular weight is 272 g/mol. The van der Waals surface area contributed by atoms with Gasteiger partial charge in [0.05, 0.1) is 23.7 Å². The van der Waals surface area contributed by atoms with Crippen LogP contribution in [0.1, 0.15) is 53.9 Å². The summed E-state index contributed by atoms with van der Waals surface area (Å²) in [6.45, 7) is 11.1. The van der Waals surface area contributed by atoms with Gasteiger partial charge in [-0.1, -0.05) is 20.3 Å². The average Bonchev–Trinajstić information content (AvgIpc) is 2.35. The van der Waals surface area contributed by atoms with Gasteiger partial charge < -0.3 is 14.2 Å². The first-order valence-electron chi connectivity index (χ1n) is 7.30. The molecule has 0 N–H and O–H groups in total. The molecule has 4 heteroatoms. The van der Waals surface area contributed by atoms with E-state index < -0.39 is 0 Å². The summed E-state index contributed by atoms with van der Waals surface area (Å²) >= 11 is 0. The number of hydrogen-bond donors (Lipinski definition) is 0. The number of carbonyl (C=O) groups is 1. The van der Waals surface area contributed by atoms with Crippen LogP contribution in [0.5, 0.6) is 0 Å². The van der Waals surface area contributed by atoms with Crippen molar-refractivity contribution in [3.05, 3.63) is 0 Å². The lowest BCUT2D eigenvalue weighted by Gasteiger charge is -2.52. The van der Waals surface area contributed by atoms with E-state index in [9.17, 15) is 4.79 Å². The van der Waals surface area contributed by atoms with Crippen LogP contribution in [0, 0.1) is 5.41 Å². The second-order valence-corrected chi connectivity index (χ2v) is 5.82. The molecule has 1 saturated heterocycles. The van der Waals surface area contributed by atoms with E-state index in [4.69, 9.17) is 14.2 Å². The third-order valence-corrected chi connectivity index (χ3v) is 4.07. The number of rotatable bonds is 8. The minimum atomic E-state index is -0.230. The fraction of sp³-hybridized carbons (Fsp3) is 0.933. The van der Waals surface area contributed by atoms with Crippen molar-refractivity contribution in [2.75, 3.05) is 13.2 Å². The second-order valence-electron chi connectivity index (χ2n) is 5.82. The van der Waals surface area contributed by atoms with E-state index in [1.54, 1.807) is 0 Å². The van der Waals surface area contributed by atoms with E-state index in [0.717, 1.165) is 25.9 Å². The van der Waals surface area contributed by atoms with Crippen LogP contribution in [0.15, 0.2) is 0 Å². The number of carbonyl (C=O) groups excluding carboxylic acids is 1. The highest BCUT2D eigenvalue weighted by Crippen LogP contribution is 2.43. The Kier molecular flexibility index (Phi) is 6.27. The molecule has 1 aliphatic heterocycles. The molecule has 1 heterocycles. The molecule has 0 aromatic heterocycles. The van der Waals surface area contributed by atoms with Gasteiger partial charge in [-0.2, -0.15) is 0 Å². The summed E-state index contributed by atoms with van der Waals surface area (Å²) in [6, 6.07) is 0. The fourth-order valence-corrected chi connectivity index (χ4v) is 2.34. The summed E-state index contributed by atoms with van der Waals surface area (Å²) in [6.07, 6.45) is 3.51. The van der Waals surface area contributed by atoms with E-state index in [1.165, 1.54) is 6.92 Å². The Labute approximate surface area is 116 Å². The van der Waals surface area contributed by atoms with Gasteiger partial charge in [-0.05, 0) is 20.3 Å². The van der Waals surface area contributed by atoms with Gasteiger partial charge in [0.2, 0.25) is 0 Å². The van der Waals surface area contributed by atoms with E-state index in [1.807, 2.05) is 6.92 Å². The molecule has 4 unspecified atom stereocenters. The van der Waals surface area contributed by atoms with Crippen molar-refractivity contribution < 1.29 is 19.0 Å². The SMILES string of the molecule is CCCCOC(C)CC1OC(C)C1(C)COC(C)=O. The molecule has 0 amide bonds. The van der Waals surface area contributed by atoms with Gasteiger partial charge in [0.15, 0.2) is 0 Å². The monoisotopic (exact) mass is 272 g/mol. The normalized spacial score (nSPS) is 31.6. The number of esters is 1. The van der Waals surface area contributed by atoms with Gasteiger partial charge >= 0.3 is 5.97 Å². The van der Waals surface area contributed by atoms with E-state index in [0.29, 0.717) is 6.61 Å². The second kappa shape index (κ2) is 7.25. The van der Waals surface area contributed by atoms with Crippen LogP contribution in [0.3, 0.4) is 0 Å². The maximum absolute atomic E-state index is 11.0. The predicted octanol–water partition coefficient (Wildman–Crippen LogP) is 2.94. The lowest BCUT2D eigenvalue weighted by atomic mass is 9.72. The van der Waals surface area contributed by atoms with Gasteiger partial charge in [0.25, 0.3) is 0 Å². The largest absolute Gasteiger partial charge is 0.465 e. The van der Waals surface area contributed by atoms with Gasteiger partial charge in [-0.25, -0.2) is 0 Å². The first-order chi connectivity index (χ1) is 8.90. The molecule has 0 aliphatic carbocycles. The molecule has 0 saturated carbocycles. The first-order valence-corrected chi connectivity index (χ1v) is 7.30. The van der Waals surface area contributed by atoms with Crippen LogP contribution >= 0.6 is 0 Å². The maximum Gasteiger partial charge on any atom is 0.302 e. The molecule has 0 aromatic rings. The van der Waals surface area contributed by atoms with Crippen molar-refractivity contribution in [2.24, 2.45) is 5.41 Å². The van der Waals surface area contributed by atoms with Gasteiger partial charge in [-0.3, -0.25) is 4.79 Å². The molecular weight excluding hydrogens is 244 g/mol. The fourth-order valence-electron chi connectivity index (χ4n) is 2.34. The van der Waals surface area contributed by atoms with Gasteiger partial charge in [0, 0.05) is 20.0 Å². The van der Waals surface area contributed by atoms with Crippen molar-refractivity contribution >= 4 is 5.97 Å². The third-order valence-electron chi connectivity index (χ3n) is 4.07. The van der Waals surface area contributed by atoms with Crippen LogP contribution in [0.2, 0.25) is 0 Å². The Hall–Kier alpha value is -0.610. The lowest BCUT2D eigenvalue weighted by Crippen LogP contribution is -2.59. The Morgan fingerprint density at radius 2 is 2.16 bits per heavy atom. The first kappa shape index (κ1) is 16.4. The standard InChI is InChI=1S/C15H28O4/c1-6-7-8-17-11(2)9-14-15(5,12(3)19-14)10-18-13(4)16/h11-12,14H,6-10H2,1-5H3. The molecule has 0 bridgehead atoms. The summed E-state index contributed by atoms with van der Waals surface area (Å²) < 4.78 is 16.7. The summed E-state index contributed by atoms with van der Waals surface area (Å²) in [5, 5.41) is 0. The summed E-state index contributed by atoms with van der Waals surface area (Å²) in [4.78, 5) is 11.0. The summed E-state index contributed by atoms with van der Waals surface area (Å²) in [5.74, 6) is -0.230. The van der Waals surface area contributed by atoms with Crippen molar-refractivity contribution in [1.29, 1.82) is 0 Å². The Morgan fingerprint density at radius 1 is 1.47 bits per heavy atom. The Morgan fingerprint density at radius 3 is 2.68 bits per heavy atom. The molecule has 0 aromatic carbocycles. The van der Waals surface area contributed by atoms with E-state index in [-0.39, 0.29) is 29.7 Å². The third kappa shape index (κ3) is 4.46. The Bertz CT molecular complexity index is 292. The molecular formula is C15H28O4. The summed E-state index contributed by atoms with van der Waals surface area (Å²) in [5.41, 5.74) is -0.0892. The molecule has 1 fully saturated rings. The number of hydrogen-bond acceptors (Lipinski definition) is 4. The van der Waals surface area contributed by atoms with E-state index >= 15 is 0 Å². The zero-order valence-corrected chi connectivity index (χ0v) is 12.9. The van der Waals surface area contributed by atoms with Crippen molar-refractivity contribution in [3.63, 3.8) is 0 Å². The predicted molar refractivity (Wildman–Crippen MR) is 74.0 cm³/mol. The van der Waals surface area contributed by atoms with Crippen LogP contribution in [0.25, 0.3) is 0 Å². The molecule has 112 valence electrons. The highest BCUT2D eigenvalue weighted by atomic mass is 16.6. The van der Waals surface area contributed by atoms with Crippen molar-refractivity contribution in [2.45, 2.75) is 72.2 Å². The molecule has 4 atom stereocenters. The maximum atomic E-state index is 11.0. The topological polar surface area (TPSA) is 44.8 Å². The van der Waals surface area contributed by atoms with Gasteiger partial charge in [-0.15, -0.1) is 0 Å². The molecule has 1 aliphatic rings. The molecule has 1 rings (SSSR count). The smallest absolute Gasteiger partial charge is 0.302 e. The van der Waals surface area contributed by atoms with Gasteiger partial charge in [0.1, 0.15) is 6.61 Å². The zero-order valence-electron chi connectivity index (χ0n) is 12.9. The summed E-state index contributed by atoms with van der Waals surface area (Å²) in [7, 11) is 0. The van der Waals surface area contributed by atoms with Crippen molar-refractivity contribution in [1.82, 2.24) is 0 Å². The highest BCUT2D eigenvalue weighted by molar-refractivity contribution is 5.65. The van der Waals surface area contributed by atoms with E-state index in [2.05, 4.69) is 20.8 Å². The molecule has 4 nitrogen and oxygen atoms in total. The zero-order chi connectivity index (χ0) is 14.5.